The molecule has 6 nitrogen and oxygen atoms in total. The number of nitrogens with zero attached hydrogens (tertiary/aromatic N) is 2. The van der Waals surface area contributed by atoms with E-state index < -0.39 is 0 Å². The molecule has 2 aromatic rings. The van der Waals surface area contributed by atoms with Gasteiger partial charge in [-0.15, -0.1) is 0 Å². The van der Waals surface area contributed by atoms with Gasteiger partial charge in [-0.3, -0.25) is 4.79 Å². The molecule has 3 N–H and O–H groups in total. The van der Waals surface area contributed by atoms with E-state index in [0.29, 0.717) is 11.4 Å². The van der Waals surface area contributed by atoms with Crippen molar-refractivity contribution in [2.24, 2.45) is 0 Å². The zero-order valence-electron chi connectivity index (χ0n) is 10.1. The average molecular weight is 323 g/mol. The van der Waals surface area contributed by atoms with Crippen molar-refractivity contribution < 1.29 is 9.53 Å². The van der Waals surface area contributed by atoms with Gasteiger partial charge in [0.1, 0.15) is 17.3 Å². The molecule has 7 heteroatoms. The average Bonchev–Trinajstić information content (AvgIpc) is 2.39. The molecule has 0 spiro atoms. The lowest BCUT2D eigenvalue weighted by Crippen LogP contribution is -2.14. The number of anilines is 2. The maximum Gasteiger partial charge on any atom is 0.275 e. The molecule has 1 amide bonds. The van der Waals surface area contributed by atoms with Gasteiger partial charge in [-0.05, 0) is 34.1 Å². The molecular formula is C12H11BrN4O2. The molecular weight excluding hydrogens is 312 g/mol. The van der Waals surface area contributed by atoms with Gasteiger partial charge in [-0.2, -0.15) is 0 Å². The number of hydrogen-bond acceptors (Lipinski definition) is 5. The van der Waals surface area contributed by atoms with E-state index in [0.717, 1.165) is 4.47 Å². The van der Waals surface area contributed by atoms with Gasteiger partial charge in [0.2, 0.25) is 0 Å². The Labute approximate surface area is 118 Å². The minimum atomic E-state index is -0.357. The molecule has 98 valence electrons. The van der Waals surface area contributed by atoms with Crippen LogP contribution in [0, 0.1) is 0 Å². The van der Waals surface area contributed by atoms with Crippen LogP contribution >= 0.6 is 15.9 Å². The molecule has 0 aliphatic heterocycles. The van der Waals surface area contributed by atoms with Crippen LogP contribution in [0.2, 0.25) is 0 Å². The van der Waals surface area contributed by atoms with Crippen LogP contribution in [0.15, 0.2) is 35.1 Å². The number of nitrogen functional groups attached to an aromatic ring is 1. The van der Waals surface area contributed by atoms with Crippen LogP contribution in [0.1, 0.15) is 10.5 Å². The smallest absolute Gasteiger partial charge is 0.275 e. The summed E-state index contributed by atoms with van der Waals surface area (Å²) < 4.78 is 5.85. The van der Waals surface area contributed by atoms with Crippen LogP contribution in [0.4, 0.5) is 11.5 Å². The molecule has 0 radical (unpaired) electrons. The van der Waals surface area contributed by atoms with Gasteiger partial charge in [0, 0.05) is 5.69 Å². The van der Waals surface area contributed by atoms with E-state index in [1.165, 1.54) is 12.4 Å². The molecule has 0 bridgehead atoms. The Hall–Kier alpha value is -2.15. The Balaban J connectivity index is 2.14. The number of nitrogens with two attached hydrogens (primary N) is 1. The summed E-state index contributed by atoms with van der Waals surface area (Å²) in [4.78, 5) is 19.6. The molecule has 1 aromatic heterocycles. The van der Waals surface area contributed by atoms with E-state index in [1.54, 1.807) is 25.3 Å². The second kappa shape index (κ2) is 5.66. The summed E-state index contributed by atoms with van der Waals surface area (Å²) in [6.45, 7) is 0. The van der Waals surface area contributed by atoms with Crippen molar-refractivity contribution in [3.05, 3.63) is 40.8 Å². The van der Waals surface area contributed by atoms with E-state index in [4.69, 9.17) is 10.5 Å². The normalized spacial score (nSPS) is 10.0. The van der Waals surface area contributed by atoms with Gasteiger partial charge < -0.3 is 15.8 Å². The number of ether oxygens (including phenoxy) is 1. The highest BCUT2D eigenvalue weighted by Gasteiger charge is 2.09. The molecule has 19 heavy (non-hydrogen) atoms. The van der Waals surface area contributed by atoms with Crippen molar-refractivity contribution >= 4 is 33.3 Å². The standard InChI is InChI=1S/C12H11BrN4O2/c1-19-10-3-2-7(4-8(10)13)17-12(18)9-5-16-11(14)6-15-9/h2-6H,1H3,(H2,14,16)(H,17,18). The SMILES string of the molecule is COc1ccc(NC(=O)c2cnc(N)cn2)cc1Br. The quantitative estimate of drug-likeness (QED) is 0.902. The number of nitrogens with one attached hydrogen (secondary N) is 1. The molecule has 2 rings (SSSR count). The largest absolute Gasteiger partial charge is 0.496 e. The lowest BCUT2D eigenvalue weighted by molar-refractivity contribution is 0.102. The zero-order valence-corrected chi connectivity index (χ0v) is 11.6. The Morgan fingerprint density at radius 1 is 1.37 bits per heavy atom. The Morgan fingerprint density at radius 2 is 2.16 bits per heavy atom. The summed E-state index contributed by atoms with van der Waals surface area (Å²) in [5.41, 5.74) is 6.22. The summed E-state index contributed by atoms with van der Waals surface area (Å²) in [7, 11) is 1.57. The van der Waals surface area contributed by atoms with Crippen molar-refractivity contribution in [1.82, 2.24) is 9.97 Å². The first-order valence-electron chi connectivity index (χ1n) is 5.32. The number of carbonyl (C=O) groups excluding carboxylic acids is 1. The van der Waals surface area contributed by atoms with Crippen LogP contribution in [0.5, 0.6) is 5.75 Å². The van der Waals surface area contributed by atoms with Crippen LogP contribution in [0.25, 0.3) is 0 Å². The van der Waals surface area contributed by atoms with E-state index in [1.807, 2.05) is 0 Å². The fourth-order valence-corrected chi connectivity index (χ4v) is 1.94. The summed E-state index contributed by atoms with van der Waals surface area (Å²) in [5.74, 6) is 0.596. The first-order valence-corrected chi connectivity index (χ1v) is 6.12. The maximum atomic E-state index is 11.9. The Bertz CT molecular complexity index is 601. The third-order valence-electron chi connectivity index (χ3n) is 2.31. The minimum Gasteiger partial charge on any atom is -0.496 e. The maximum absolute atomic E-state index is 11.9. The first-order chi connectivity index (χ1) is 9.10. The summed E-state index contributed by atoms with van der Waals surface area (Å²) in [5, 5.41) is 2.70. The molecule has 0 saturated carbocycles. The van der Waals surface area contributed by atoms with E-state index in [9.17, 15) is 4.79 Å². The number of methoxy groups -OCH3 is 1. The van der Waals surface area contributed by atoms with E-state index in [2.05, 4.69) is 31.2 Å². The van der Waals surface area contributed by atoms with E-state index >= 15 is 0 Å². The lowest BCUT2D eigenvalue weighted by atomic mass is 10.3. The third-order valence-corrected chi connectivity index (χ3v) is 2.93. The van der Waals surface area contributed by atoms with Gasteiger partial charge in [0.25, 0.3) is 5.91 Å². The molecule has 0 atom stereocenters. The summed E-state index contributed by atoms with van der Waals surface area (Å²) in [6, 6.07) is 5.21. The molecule has 0 aliphatic carbocycles. The third kappa shape index (κ3) is 3.19. The highest BCUT2D eigenvalue weighted by Crippen LogP contribution is 2.27. The Kier molecular flexibility index (Phi) is 3.96. The van der Waals surface area contributed by atoms with Crippen LogP contribution in [-0.2, 0) is 0 Å². The second-order valence-electron chi connectivity index (χ2n) is 3.63. The van der Waals surface area contributed by atoms with Gasteiger partial charge in [0.05, 0.1) is 24.0 Å². The van der Waals surface area contributed by atoms with Gasteiger partial charge in [-0.1, -0.05) is 0 Å². The molecule has 0 fully saturated rings. The van der Waals surface area contributed by atoms with Crippen molar-refractivity contribution in [2.75, 3.05) is 18.2 Å². The van der Waals surface area contributed by atoms with Crippen LogP contribution < -0.4 is 15.8 Å². The van der Waals surface area contributed by atoms with Crippen molar-refractivity contribution in [1.29, 1.82) is 0 Å². The monoisotopic (exact) mass is 322 g/mol. The van der Waals surface area contributed by atoms with E-state index in [-0.39, 0.29) is 17.4 Å². The number of halogens is 1. The van der Waals surface area contributed by atoms with Crippen LogP contribution in [0.3, 0.4) is 0 Å². The lowest BCUT2D eigenvalue weighted by Gasteiger charge is -2.07. The van der Waals surface area contributed by atoms with Gasteiger partial charge in [-0.25, -0.2) is 9.97 Å². The second-order valence-corrected chi connectivity index (χ2v) is 4.48. The topological polar surface area (TPSA) is 90.1 Å². The number of aromatic nitrogens is 2. The predicted molar refractivity (Wildman–Crippen MR) is 75.1 cm³/mol. The van der Waals surface area contributed by atoms with Crippen LogP contribution in [-0.4, -0.2) is 23.0 Å². The zero-order chi connectivity index (χ0) is 13.8. The molecule has 0 unspecified atom stereocenters. The molecule has 1 heterocycles. The fourth-order valence-electron chi connectivity index (χ4n) is 1.39. The number of carbonyl (C=O) groups is 1. The number of hydrogen-bond donors (Lipinski definition) is 2. The molecule has 0 aliphatic rings. The number of amides is 1. The fraction of sp³-hybridized carbons (Fsp3) is 0.0833. The first kappa shape index (κ1) is 13.3. The molecule has 0 saturated heterocycles. The summed E-state index contributed by atoms with van der Waals surface area (Å²) in [6.07, 6.45) is 2.65. The van der Waals surface area contributed by atoms with Crippen molar-refractivity contribution in [3.8, 4) is 5.75 Å². The van der Waals surface area contributed by atoms with Crippen molar-refractivity contribution in [3.63, 3.8) is 0 Å². The van der Waals surface area contributed by atoms with Crippen molar-refractivity contribution in [2.45, 2.75) is 0 Å². The minimum absolute atomic E-state index is 0.196. The molecule has 1 aromatic carbocycles. The number of benzene rings is 1. The Morgan fingerprint density at radius 3 is 2.74 bits per heavy atom. The predicted octanol–water partition coefficient (Wildman–Crippen LogP) is 2.08. The highest BCUT2D eigenvalue weighted by molar-refractivity contribution is 9.10. The number of rotatable bonds is 3. The van der Waals surface area contributed by atoms with Gasteiger partial charge >= 0.3 is 0 Å². The van der Waals surface area contributed by atoms with Gasteiger partial charge in [0.15, 0.2) is 0 Å². The summed E-state index contributed by atoms with van der Waals surface area (Å²) >= 11 is 3.34. The highest BCUT2D eigenvalue weighted by atomic mass is 79.9.